The van der Waals surface area contributed by atoms with E-state index in [0.717, 1.165) is 12.2 Å². The van der Waals surface area contributed by atoms with Gasteiger partial charge in [-0.3, -0.25) is 4.79 Å². The van der Waals surface area contributed by atoms with Crippen LogP contribution in [-0.2, 0) is 0 Å². The monoisotopic (exact) mass is 449 g/mol. The fourth-order valence-electron chi connectivity index (χ4n) is 3.31. The van der Waals surface area contributed by atoms with Crippen LogP contribution < -0.4 is 29.0 Å². The third-order valence-corrected chi connectivity index (χ3v) is 4.86. The number of para-hydroxylation sites is 1. The van der Waals surface area contributed by atoms with E-state index < -0.39 is 0 Å². The maximum atomic E-state index is 12.8. The number of carbonyl (C=O) groups excluding carboxylic acids is 1. The molecule has 1 N–H and O–H groups in total. The Labute approximate surface area is 193 Å². The Morgan fingerprint density at radius 1 is 0.848 bits per heavy atom. The summed E-state index contributed by atoms with van der Waals surface area (Å²) in [7, 11) is 0. The Morgan fingerprint density at radius 2 is 1.64 bits per heavy atom. The van der Waals surface area contributed by atoms with Gasteiger partial charge in [0.25, 0.3) is 5.91 Å². The van der Waals surface area contributed by atoms with E-state index in [4.69, 9.17) is 23.7 Å². The van der Waals surface area contributed by atoms with E-state index in [-0.39, 0.29) is 5.91 Å². The Morgan fingerprint density at radius 3 is 2.45 bits per heavy atom. The summed E-state index contributed by atoms with van der Waals surface area (Å²) in [4.78, 5) is 12.8. The molecule has 4 rings (SSSR count). The third kappa shape index (κ3) is 6.10. The highest BCUT2D eigenvalue weighted by atomic mass is 16.5. The Hall–Kier alpha value is -3.87. The molecule has 0 spiro atoms. The molecule has 0 saturated heterocycles. The van der Waals surface area contributed by atoms with Crippen molar-refractivity contribution in [2.75, 3.05) is 38.4 Å². The van der Waals surface area contributed by atoms with Gasteiger partial charge in [0.2, 0.25) is 0 Å². The highest BCUT2D eigenvalue weighted by Gasteiger charge is 2.15. The third-order valence-electron chi connectivity index (χ3n) is 4.86. The van der Waals surface area contributed by atoms with Gasteiger partial charge in [-0.25, -0.2) is 0 Å². The summed E-state index contributed by atoms with van der Waals surface area (Å²) < 4.78 is 28.5. The molecule has 0 aliphatic carbocycles. The molecule has 0 bridgehead atoms. The fraction of sp³-hybridized carbons (Fsp3) is 0.269. The molecule has 3 aromatic rings. The van der Waals surface area contributed by atoms with Gasteiger partial charge >= 0.3 is 0 Å². The smallest absolute Gasteiger partial charge is 0.255 e. The predicted molar refractivity (Wildman–Crippen MR) is 125 cm³/mol. The van der Waals surface area contributed by atoms with Crippen LogP contribution in [-0.4, -0.2) is 38.9 Å². The second-order valence-corrected chi connectivity index (χ2v) is 7.27. The number of hydrogen-bond donors (Lipinski definition) is 1. The first-order valence-corrected chi connectivity index (χ1v) is 11.0. The molecular weight excluding hydrogens is 422 g/mol. The second kappa shape index (κ2) is 11.1. The lowest BCUT2D eigenvalue weighted by Gasteiger charge is -2.14. The van der Waals surface area contributed by atoms with E-state index in [9.17, 15) is 4.79 Å². The lowest BCUT2D eigenvalue weighted by molar-refractivity contribution is 0.102. The van der Waals surface area contributed by atoms with Gasteiger partial charge in [-0.05, 0) is 49.4 Å². The van der Waals surface area contributed by atoms with E-state index >= 15 is 0 Å². The lowest BCUT2D eigenvalue weighted by Crippen LogP contribution is -2.13. The number of anilines is 1. The molecule has 7 nitrogen and oxygen atoms in total. The van der Waals surface area contributed by atoms with Gasteiger partial charge in [-0.2, -0.15) is 0 Å². The standard InChI is InChI=1S/C26H27NO6/c1-2-29-24-17-19(9-11-22(24)33-16-15-30-21-7-4-3-5-8-21)26(28)27-20-10-12-23-25(18-20)32-14-6-13-31-23/h3-5,7-12,17-18H,2,6,13-16H2,1H3,(H,27,28). The zero-order chi connectivity index (χ0) is 22.9. The van der Waals surface area contributed by atoms with Crippen LogP contribution in [0.1, 0.15) is 23.7 Å². The first-order valence-electron chi connectivity index (χ1n) is 11.0. The summed E-state index contributed by atoms with van der Waals surface area (Å²) in [6, 6.07) is 20.0. The quantitative estimate of drug-likeness (QED) is 0.466. The Balaban J connectivity index is 1.38. The molecule has 0 saturated carbocycles. The number of fused-ring (bicyclic) bond motifs is 1. The summed E-state index contributed by atoms with van der Waals surface area (Å²) in [5, 5.41) is 2.90. The molecule has 0 aromatic heterocycles. The van der Waals surface area contributed by atoms with Crippen LogP contribution in [0.4, 0.5) is 5.69 Å². The average molecular weight is 450 g/mol. The molecule has 7 heteroatoms. The van der Waals surface area contributed by atoms with Crippen LogP contribution in [0.3, 0.4) is 0 Å². The molecular formula is C26H27NO6. The van der Waals surface area contributed by atoms with Crippen LogP contribution in [0.25, 0.3) is 0 Å². The number of rotatable bonds is 9. The molecule has 1 amide bonds. The summed E-state index contributed by atoms with van der Waals surface area (Å²) >= 11 is 0. The van der Waals surface area contributed by atoms with Crippen molar-refractivity contribution in [1.82, 2.24) is 0 Å². The highest BCUT2D eigenvalue weighted by molar-refractivity contribution is 6.04. The first-order chi connectivity index (χ1) is 16.2. The number of ether oxygens (including phenoxy) is 5. The molecule has 0 unspecified atom stereocenters. The minimum atomic E-state index is -0.260. The zero-order valence-corrected chi connectivity index (χ0v) is 18.5. The largest absolute Gasteiger partial charge is 0.490 e. The second-order valence-electron chi connectivity index (χ2n) is 7.27. The zero-order valence-electron chi connectivity index (χ0n) is 18.5. The minimum absolute atomic E-state index is 0.260. The van der Waals surface area contributed by atoms with Crippen molar-refractivity contribution < 1.29 is 28.5 Å². The van der Waals surface area contributed by atoms with Crippen LogP contribution >= 0.6 is 0 Å². The van der Waals surface area contributed by atoms with E-state index in [1.807, 2.05) is 37.3 Å². The molecule has 1 aliphatic heterocycles. The lowest BCUT2D eigenvalue weighted by atomic mass is 10.1. The Bertz CT molecular complexity index is 1070. The number of benzene rings is 3. The molecule has 33 heavy (non-hydrogen) atoms. The normalized spacial score (nSPS) is 12.4. The molecule has 0 fully saturated rings. The SMILES string of the molecule is CCOc1cc(C(=O)Nc2ccc3c(c2)OCCCO3)ccc1OCCOc1ccccc1. The molecule has 172 valence electrons. The van der Waals surface area contributed by atoms with E-state index in [2.05, 4.69) is 5.32 Å². The van der Waals surface area contributed by atoms with E-state index in [1.54, 1.807) is 36.4 Å². The van der Waals surface area contributed by atoms with Crippen LogP contribution in [0.15, 0.2) is 66.7 Å². The van der Waals surface area contributed by atoms with Gasteiger partial charge in [0, 0.05) is 23.7 Å². The first kappa shape index (κ1) is 22.3. The van der Waals surface area contributed by atoms with Gasteiger partial charge in [0.15, 0.2) is 23.0 Å². The van der Waals surface area contributed by atoms with Crippen molar-refractivity contribution in [3.05, 3.63) is 72.3 Å². The molecule has 0 atom stereocenters. The number of hydrogen-bond acceptors (Lipinski definition) is 6. The van der Waals surface area contributed by atoms with Crippen molar-refractivity contribution in [2.24, 2.45) is 0 Å². The maximum absolute atomic E-state index is 12.8. The van der Waals surface area contributed by atoms with Crippen LogP contribution in [0, 0.1) is 0 Å². The van der Waals surface area contributed by atoms with Crippen LogP contribution in [0.5, 0.6) is 28.7 Å². The minimum Gasteiger partial charge on any atom is -0.490 e. The van der Waals surface area contributed by atoms with Gasteiger partial charge in [0.1, 0.15) is 19.0 Å². The summed E-state index contributed by atoms with van der Waals surface area (Å²) in [6.07, 6.45) is 0.823. The topological polar surface area (TPSA) is 75.3 Å². The molecule has 1 aliphatic rings. The van der Waals surface area contributed by atoms with E-state index in [0.29, 0.717) is 67.3 Å². The average Bonchev–Trinajstić information content (AvgIpc) is 3.08. The van der Waals surface area contributed by atoms with Crippen LogP contribution in [0.2, 0.25) is 0 Å². The van der Waals surface area contributed by atoms with Crippen molar-refractivity contribution in [1.29, 1.82) is 0 Å². The summed E-state index contributed by atoms with van der Waals surface area (Å²) in [5.41, 5.74) is 1.08. The van der Waals surface area contributed by atoms with Gasteiger partial charge < -0.3 is 29.0 Å². The highest BCUT2D eigenvalue weighted by Crippen LogP contribution is 2.33. The summed E-state index contributed by atoms with van der Waals surface area (Å²) in [5.74, 6) is 2.89. The molecule has 0 radical (unpaired) electrons. The maximum Gasteiger partial charge on any atom is 0.255 e. The fourth-order valence-corrected chi connectivity index (χ4v) is 3.31. The number of nitrogens with one attached hydrogen (secondary N) is 1. The van der Waals surface area contributed by atoms with Gasteiger partial charge in [0.05, 0.1) is 19.8 Å². The van der Waals surface area contributed by atoms with Gasteiger partial charge in [-0.1, -0.05) is 18.2 Å². The number of amides is 1. The summed E-state index contributed by atoms with van der Waals surface area (Å²) in [6.45, 7) is 4.27. The number of carbonyl (C=O) groups is 1. The van der Waals surface area contributed by atoms with Crippen molar-refractivity contribution >= 4 is 11.6 Å². The van der Waals surface area contributed by atoms with Crippen molar-refractivity contribution in [3.8, 4) is 28.7 Å². The van der Waals surface area contributed by atoms with E-state index in [1.165, 1.54) is 0 Å². The Kier molecular flexibility index (Phi) is 7.53. The van der Waals surface area contributed by atoms with Crippen molar-refractivity contribution in [2.45, 2.75) is 13.3 Å². The molecule has 1 heterocycles. The van der Waals surface area contributed by atoms with Crippen molar-refractivity contribution in [3.63, 3.8) is 0 Å². The molecule has 3 aromatic carbocycles. The van der Waals surface area contributed by atoms with Gasteiger partial charge in [-0.15, -0.1) is 0 Å². The predicted octanol–water partition coefficient (Wildman–Crippen LogP) is 4.96.